The lowest BCUT2D eigenvalue weighted by Gasteiger charge is -2.37. The van der Waals surface area contributed by atoms with Crippen molar-refractivity contribution in [2.45, 2.75) is 0 Å². The number of fused-ring (bicyclic) bond motifs is 1. The number of halogens is 2. The number of carbonyl (C=O) groups excluding carboxylic acids is 1. The van der Waals surface area contributed by atoms with Gasteiger partial charge in [0.1, 0.15) is 17.2 Å². The zero-order valence-corrected chi connectivity index (χ0v) is 13.3. The minimum Gasteiger partial charge on any atom is -0.346 e. The van der Waals surface area contributed by atoms with E-state index in [-0.39, 0.29) is 23.5 Å². The Balaban J connectivity index is 1.42. The first-order valence-corrected chi connectivity index (χ1v) is 8.28. The number of aromatic nitrogens is 1. The molecule has 7 heteroatoms. The van der Waals surface area contributed by atoms with Crippen LogP contribution in [0, 0.1) is 17.6 Å². The zero-order valence-electron chi connectivity index (χ0n) is 12.5. The number of thiazole rings is 1. The molecule has 1 amide bonds. The van der Waals surface area contributed by atoms with Crippen molar-refractivity contribution in [3.63, 3.8) is 0 Å². The first kappa shape index (κ1) is 15.0. The Morgan fingerprint density at radius 2 is 2.00 bits per heavy atom. The van der Waals surface area contributed by atoms with E-state index in [0.29, 0.717) is 29.4 Å². The molecule has 0 atom stereocenters. The van der Waals surface area contributed by atoms with E-state index in [1.807, 2.05) is 11.0 Å². The average molecular weight is 345 g/mol. The molecule has 1 N–H and O–H groups in total. The van der Waals surface area contributed by atoms with E-state index in [1.165, 1.54) is 29.5 Å². The summed E-state index contributed by atoms with van der Waals surface area (Å²) in [6.07, 6.45) is 0. The van der Waals surface area contributed by atoms with Crippen LogP contribution in [-0.4, -0.2) is 24.0 Å². The molecule has 1 fully saturated rings. The number of carbonyl (C=O) groups is 1. The minimum atomic E-state index is -0.389. The quantitative estimate of drug-likeness (QED) is 0.788. The van der Waals surface area contributed by atoms with Gasteiger partial charge in [-0.1, -0.05) is 23.5 Å². The smallest absolute Gasteiger partial charge is 0.231 e. The van der Waals surface area contributed by atoms with Crippen LogP contribution < -0.4 is 10.2 Å². The van der Waals surface area contributed by atoms with Gasteiger partial charge in [0.25, 0.3) is 0 Å². The minimum absolute atomic E-state index is 0.149. The van der Waals surface area contributed by atoms with Crippen LogP contribution >= 0.6 is 11.3 Å². The number of amides is 1. The van der Waals surface area contributed by atoms with Crippen LogP contribution in [0.4, 0.5) is 19.6 Å². The Kier molecular flexibility index (Phi) is 3.65. The second-order valence-electron chi connectivity index (χ2n) is 5.68. The molecular weight excluding hydrogens is 332 g/mol. The molecule has 0 radical (unpaired) electrons. The summed E-state index contributed by atoms with van der Waals surface area (Å²) in [6.45, 7) is 1.03. The Morgan fingerprint density at radius 3 is 2.75 bits per heavy atom. The lowest BCUT2D eigenvalue weighted by atomic mass is 10.00. The van der Waals surface area contributed by atoms with Crippen LogP contribution in [0.25, 0.3) is 10.2 Å². The van der Waals surface area contributed by atoms with Gasteiger partial charge in [0.2, 0.25) is 5.91 Å². The molecule has 4 nitrogen and oxygen atoms in total. The van der Waals surface area contributed by atoms with Crippen molar-refractivity contribution in [1.29, 1.82) is 0 Å². The molecule has 0 saturated carbocycles. The van der Waals surface area contributed by atoms with E-state index < -0.39 is 0 Å². The average Bonchev–Trinajstić information content (AvgIpc) is 2.90. The highest BCUT2D eigenvalue weighted by atomic mass is 32.1. The van der Waals surface area contributed by atoms with Crippen molar-refractivity contribution in [3.05, 3.63) is 54.1 Å². The first-order valence-electron chi connectivity index (χ1n) is 7.46. The fourth-order valence-corrected chi connectivity index (χ4v) is 3.65. The summed E-state index contributed by atoms with van der Waals surface area (Å²) in [7, 11) is 0. The molecule has 0 aliphatic carbocycles. The van der Waals surface area contributed by atoms with Crippen molar-refractivity contribution in [2.75, 3.05) is 23.3 Å². The molecule has 2 heterocycles. The van der Waals surface area contributed by atoms with Crippen molar-refractivity contribution >= 4 is 38.3 Å². The van der Waals surface area contributed by atoms with Gasteiger partial charge in [-0.25, -0.2) is 13.8 Å². The van der Waals surface area contributed by atoms with Gasteiger partial charge in [0.15, 0.2) is 5.13 Å². The van der Waals surface area contributed by atoms with E-state index in [9.17, 15) is 13.6 Å². The highest BCUT2D eigenvalue weighted by Crippen LogP contribution is 2.34. The van der Waals surface area contributed by atoms with Gasteiger partial charge in [-0.3, -0.25) is 4.79 Å². The van der Waals surface area contributed by atoms with E-state index in [1.54, 1.807) is 18.2 Å². The second kappa shape index (κ2) is 5.83. The van der Waals surface area contributed by atoms with E-state index in [2.05, 4.69) is 10.3 Å². The normalized spacial score (nSPS) is 14.7. The Morgan fingerprint density at radius 1 is 1.21 bits per heavy atom. The summed E-state index contributed by atoms with van der Waals surface area (Å²) in [5.74, 6) is -1.07. The summed E-state index contributed by atoms with van der Waals surface area (Å²) in [5.41, 5.74) is 0.811. The molecule has 1 aliphatic rings. The number of hydrogen-bond donors (Lipinski definition) is 1. The second-order valence-corrected chi connectivity index (χ2v) is 6.69. The van der Waals surface area contributed by atoms with Gasteiger partial charge in [-0.15, -0.1) is 0 Å². The number of nitrogens with one attached hydrogen (secondary N) is 1. The lowest BCUT2D eigenvalue weighted by molar-refractivity contribution is -0.120. The molecule has 122 valence electrons. The lowest BCUT2D eigenvalue weighted by Crippen LogP contribution is -2.52. The van der Waals surface area contributed by atoms with Crippen LogP contribution in [0.5, 0.6) is 0 Å². The molecule has 24 heavy (non-hydrogen) atoms. The predicted octanol–water partition coefficient (Wildman–Crippen LogP) is 3.65. The molecule has 1 aliphatic heterocycles. The molecule has 4 rings (SSSR count). The molecule has 0 unspecified atom stereocenters. The topological polar surface area (TPSA) is 45.2 Å². The highest BCUT2D eigenvalue weighted by molar-refractivity contribution is 7.22. The number of anilines is 2. The molecule has 0 bridgehead atoms. The standard InChI is InChI=1S/C17H13F2N3OS/c18-11-3-1-4-12(7-11)20-16(23)10-8-22(9-10)17-21-15-13(19)5-2-6-14(15)24-17/h1-7,10H,8-9H2,(H,20,23). The van der Waals surface area contributed by atoms with Crippen LogP contribution in [0.3, 0.4) is 0 Å². The van der Waals surface area contributed by atoms with Gasteiger partial charge >= 0.3 is 0 Å². The van der Waals surface area contributed by atoms with Gasteiger partial charge in [-0.2, -0.15) is 0 Å². The van der Waals surface area contributed by atoms with Crippen LogP contribution in [0.15, 0.2) is 42.5 Å². The first-order chi connectivity index (χ1) is 11.6. The molecule has 1 aromatic heterocycles. The van der Waals surface area contributed by atoms with E-state index >= 15 is 0 Å². The van der Waals surface area contributed by atoms with Gasteiger partial charge in [0.05, 0.1) is 10.6 Å². The number of para-hydroxylation sites is 1. The predicted molar refractivity (Wildman–Crippen MR) is 90.3 cm³/mol. The van der Waals surface area contributed by atoms with Gasteiger partial charge < -0.3 is 10.2 Å². The summed E-state index contributed by atoms with van der Waals surface area (Å²) in [4.78, 5) is 18.4. The zero-order chi connectivity index (χ0) is 16.7. The molecule has 0 spiro atoms. The maximum absolute atomic E-state index is 13.7. The Bertz CT molecular complexity index is 921. The maximum atomic E-state index is 13.7. The fourth-order valence-electron chi connectivity index (χ4n) is 2.65. The Hall–Kier alpha value is -2.54. The third kappa shape index (κ3) is 2.71. The summed E-state index contributed by atoms with van der Waals surface area (Å²) >= 11 is 1.41. The van der Waals surface area contributed by atoms with Crippen molar-refractivity contribution in [2.24, 2.45) is 5.92 Å². The molecular formula is C17H13F2N3OS. The van der Waals surface area contributed by atoms with Crippen molar-refractivity contribution in [3.8, 4) is 0 Å². The van der Waals surface area contributed by atoms with E-state index in [0.717, 1.165) is 4.70 Å². The largest absolute Gasteiger partial charge is 0.346 e. The number of rotatable bonds is 3. The number of benzene rings is 2. The monoisotopic (exact) mass is 345 g/mol. The van der Waals surface area contributed by atoms with Crippen LogP contribution in [0.1, 0.15) is 0 Å². The van der Waals surface area contributed by atoms with Crippen LogP contribution in [0.2, 0.25) is 0 Å². The third-order valence-electron chi connectivity index (χ3n) is 3.97. The van der Waals surface area contributed by atoms with Crippen molar-refractivity contribution < 1.29 is 13.6 Å². The number of nitrogens with zero attached hydrogens (tertiary/aromatic N) is 2. The highest BCUT2D eigenvalue weighted by Gasteiger charge is 2.34. The SMILES string of the molecule is O=C(Nc1cccc(F)c1)C1CN(c2nc3c(F)cccc3s2)C1. The molecule has 3 aromatic rings. The number of hydrogen-bond acceptors (Lipinski definition) is 4. The summed E-state index contributed by atoms with van der Waals surface area (Å²) < 4.78 is 27.6. The maximum Gasteiger partial charge on any atom is 0.231 e. The Labute approximate surface area is 140 Å². The van der Waals surface area contributed by atoms with Gasteiger partial charge in [0, 0.05) is 18.8 Å². The summed E-state index contributed by atoms with van der Waals surface area (Å²) in [5, 5.41) is 3.42. The van der Waals surface area contributed by atoms with Crippen LogP contribution in [-0.2, 0) is 4.79 Å². The fraction of sp³-hybridized carbons (Fsp3) is 0.176. The van der Waals surface area contributed by atoms with E-state index in [4.69, 9.17) is 0 Å². The van der Waals surface area contributed by atoms with Crippen molar-refractivity contribution in [1.82, 2.24) is 4.98 Å². The molecule has 1 saturated heterocycles. The third-order valence-corrected chi connectivity index (χ3v) is 5.05. The van der Waals surface area contributed by atoms with Gasteiger partial charge in [-0.05, 0) is 30.3 Å². The summed E-state index contributed by atoms with van der Waals surface area (Å²) in [6, 6.07) is 10.7. The molecule has 2 aromatic carbocycles.